The third-order valence-electron chi connectivity index (χ3n) is 5.97. The molecule has 1 aromatic heterocycles. The van der Waals surface area contributed by atoms with Crippen molar-refractivity contribution in [2.45, 2.75) is 57.8 Å². The van der Waals surface area contributed by atoms with E-state index in [9.17, 15) is 9.59 Å². The Hall–Kier alpha value is -2.56. The normalized spacial score (nSPS) is 25.1. The maximum atomic E-state index is 13.3. The van der Waals surface area contributed by atoms with E-state index in [1.165, 1.54) is 6.42 Å². The van der Waals surface area contributed by atoms with Crippen LogP contribution >= 0.6 is 0 Å². The zero-order chi connectivity index (χ0) is 18.8. The van der Waals surface area contributed by atoms with Gasteiger partial charge in [-0.1, -0.05) is 50.1 Å². The van der Waals surface area contributed by atoms with E-state index in [1.807, 2.05) is 53.2 Å². The van der Waals surface area contributed by atoms with Crippen LogP contribution in [0.5, 0.6) is 0 Å². The molecule has 0 radical (unpaired) electrons. The van der Waals surface area contributed by atoms with Crippen LogP contribution in [0.4, 0.5) is 0 Å². The van der Waals surface area contributed by atoms with Crippen molar-refractivity contribution in [1.82, 2.24) is 14.8 Å². The van der Waals surface area contributed by atoms with Crippen LogP contribution in [0.1, 0.15) is 49.9 Å². The Balaban J connectivity index is 1.61. The van der Waals surface area contributed by atoms with Crippen LogP contribution in [0.3, 0.4) is 0 Å². The highest BCUT2D eigenvalue weighted by molar-refractivity contribution is 5.90. The first-order valence-electron chi connectivity index (χ1n) is 9.92. The largest absolute Gasteiger partial charge is 0.351 e. The molecule has 2 heterocycles. The Kier molecular flexibility index (Phi) is 5.01. The van der Waals surface area contributed by atoms with E-state index in [0.29, 0.717) is 19.0 Å². The zero-order valence-corrected chi connectivity index (χ0v) is 15.8. The molecule has 27 heavy (non-hydrogen) atoms. The standard InChI is InChI=1S/C22H27N3O2/c1-16-8-5-6-11-18(16)23-22(27)21-19-12-7-13-24(19)15-20(26)25(21)14-17-9-3-2-4-10-17/h2-4,7,9-10,12-13,16,18,21H,5-6,8,11,14-15H2,1H3,(H,23,27)/t16-,18-,21+/m1/s1. The predicted octanol–water partition coefficient (Wildman–Crippen LogP) is 3.27. The first kappa shape index (κ1) is 17.8. The molecule has 1 aliphatic carbocycles. The molecule has 4 rings (SSSR count). The lowest BCUT2D eigenvalue weighted by molar-refractivity contribution is -0.145. The van der Waals surface area contributed by atoms with Gasteiger partial charge in [-0.2, -0.15) is 0 Å². The molecule has 2 amide bonds. The summed E-state index contributed by atoms with van der Waals surface area (Å²) in [6, 6.07) is 13.4. The number of nitrogens with zero attached hydrogens (tertiary/aromatic N) is 2. The van der Waals surface area contributed by atoms with E-state index < -0.39 is 6.04 Å². The van der Waals surface area contributed by atoms with Gasteiger partial charge in [-0.05, 0) is 36.5 Å². The predicted molar refractivity (Wildman–Crippen MR) is 104 cm³/mol. The van der Waals surface area contributed by atoms with Gasteiger partial charge >= 0.3 is 0 Å². The Morgan fingerprint density at radius 2 is 1.89 bits per heavy atom. The Bertz CT molecular complexity index is 814. The molecule has 5 heteroatoms. The Morgan fingerprint density at radius 3 is 2.67 bits per heavy atom. The van der Waals surface area contributed by atoms with Crippen LogP contribution < -0.4 is 5.32 Å². The quantitative estimate of drug-likeness (QED) is 0.904. The molecule has 2 aromatic rings. The number of amides is 2. The van der Waals surface area contributed by atoms with Gasteiger partial charge < -0.3 is 14.8 Å². The minimum Gasteiger partial charge on any atom is -0.351 e. The lowest BCUT2D eigenvalue weighted by atomic mass is 9.85. The summed E-state index contributed by atoms with van der Waals surface area (Å²) < 4.78 is 1.90. The lowest BCUT2D eigenvalue weighted by Gasteiger charge is -2.38. The highest BCUT2D eigenvalue weighted by Crippen LogP contribution is 2.30. The van der Waals surface area contributed by atoms with E-state index in [0.717, 1.165) is 30.5 Å². The summed E-state index contributed by atoms with van der Waals surface area (Å²) in [6.07, 6.45) is 6.45. The fourth-order valence-corrected chi connectivity index (χ4v) is 4.39. The van der Waals surface area contributed by atoms with Gasteiger partial charge in [-0.25, -0.2) is 0 Å². The molecule has 5 nitrogen and oxygen atoms in total. The first-order valence-corrected chi connectivity index (χ1v) is 9.92. The number of carbonyl (C=O) groups excluding carboxylic acids is 2. The van der Waals surface area contributed by atoms with E-state index >= 15 is 0 Å². The summed E-state index contributed by atoms with van der Waals surface area (Å²) in [4.78, 5) is 27.9. The van der Waals surface area contributed by atoms with Crippen LogP contribution in [-0.2, 0) is 22.7 Å². The molecule has 1 N–H and O–H groups in total. The van der Waals surface area contributed by atoms with Crippen molar-refractivity contribution in [3.8, 4) is 0 Å². The van der Waals surface area contributed by atoms with E-state index in [4.69, 9.17) is 0 Å². The van der Waals surface area contributed by atoms with Gasteiger partial charge in [0.05, 0.1) is 5.69 Å². The molecule has 3 atom stereocenters. The smallest absolute Gasteiger partial charge is 0.249 e. The number of aromatic nitrogens is 1. The minimum absolute atomic E-state index is 0.0144. The topological polar surface area (TPSA) is 54.3 Å². The molecule has 0 spiro atoms. The van der Waals surface area contributed by atoms with E-state index in [-0.39, 0.29) is 17.9 Å². The summed E-state index contributed by atoms with van der Waals surface area (Å²) in [7, 11) is 0. The van der Waals surface area contributed by atoms with Crippen molar-refractivity contribution in [2.24, 2.45) is 5.92 Å². The van der Waals surface area contributed by atoms with Gasteiger partial charge in [0, 0.05) is 18.8 Å². The minimum atomic E-state index is -0.574. The summed E-state index contributed by atoms with van der Waals surface area (Å²) in [6.45, 7) is 2.95. The Morgan fingerprint density at radius 1 is 1.11 bits per heavy atom. The van der Waals surface area contributed by atoms with Crippen LogP contribution in [0.25, 0.3) is 0 Å². The fourth-order valence-electron chi connectivity index (χ4n) is 4.39. The van der Waals surface area contributed by atoms with E-state index in [2.05, 4.69) is 12.2 Å². The third-order valence-corrected chi connectivity index (χ3v) is 5.97. The summed E-state index contributed by atoms with van der Waals surface area (Å²) in [5, 5.41) is 3.26. The number of rotatable bonds is 4. The number of nitrogens with one attached hydrogen (secondary N) is 1. The van der Waals surface area contributed by atoms with Gasteiger partial charge in [-0.15, -0.1) is 0 Å². The van der Waals surface area contributed by atoms with Gasteiger partial charge in [0.25, 0.3) is 0 Å². The van der Waals surface area contributed by atoms with Crippen molar-refractivity contribution < 1.29 is 9.59 Å². The zero-order valence-electron chi connectivity index (χ0n) is 15.8. The van der Waals surface area contributed by atoms with Crippen molar-refractivity contribution in [1.29, 1.82) is 0 Å². The third kappa shape index (κ3) is 3.64. The molecular weight excluding hydrogens is 338 g/mol. The summed E-state index contributed by atoms with van der Waals surface area (Å²) >= 11 is 0. The highest BCUT2D eigenvalue weighted by Gasteiger charge is 2.38. The molecule has 0 bridgehead atoms. The van der Waals surface area contributed by atoms with Crippen molar-refractivity contribution in [3.63, 3.8) is 0 Å². The van der Waals surface area contributed by atoms with Gasteiger partial charge in [0.2, 0.25) is 11.8 Å². The molecule has 142 valence electrons. The maximum absolute atomic E-state index is 13.3. The van der Waals surface area contributed by atoms with Crippen molar-refractivity contribution in [3.05, 3.63) is 59.9 Å². The first-order chi connectivity index (χ1) is 13.1. The summed E-state index contributed by atoms with van der Waals surface area (Å²) in [5.41, 5.74) is 1.93. The molecule has 0 saturated heterocycles. The molecule has 2 aliphatic rings. The molecule has 1 aromatic carbocycles. The average molecular weight is 365 g/mol. The highest BCUT2D eigenvalue weighted by atomic mass is 16.2. The summed E-state index contributed by atoms with van der Waals surface area (Å²) in [5.74, 6) is 0.411. The second-order valence-electron chi connectivity index (χ2n) is 7.85. The average Bonchev–Trinajstić information content (AvgIpc) is 3.12. The fraction of sp³-hybridized carbons (Fsp3) is 0.455. The molecule has 1 aliphatic heterocycles. The monoisotopic (exact) mass is 365 g/mol. The second-order valence-corrected chi connectivity index (χ2v) is 7.85. The maximum Gasteiger partial charge on any atom is 0.249 e. The molecule has 1 fully saturated rings. The van der Waals surface area contributed by atoms with Crippen LogP contribution in [-0.4, -0.2) is 27.3 Å². The molecule has 0 unspecified atom stereocenters. The van der Waals surface area contributed by atoms with Crippen molar-refractivity contribution >= 4 is 11.8 Å². The van der Waals surface area contributed by atoms with Gasteiger partial charge in [0.15, 0.2) is 6.04 Å². The second kappa shape index (κ2) is 7.59. The molecule has 1 saturated carbocycles. The molecular formula is C22H27N3O2. The van der Waals surface area contributed by atoms with Crippen LogP contribution in [0.15, 0.2) is 48.7 Å². The van der Waals surface area contributed by atoms with Crippen LogP contribution in [0, 0.1) is 5.92 Å². The Labute approximate surface area is 160 Å². The number of benzene rings is 1. The van der Waals surface area contributed by atoms with E-state index in [1.54, 1.807) is 4.90 Å². The number of carbonyl (C=O) groups is 2. The number of hydrogen-bond donors (Lipinski definition) is 1. The number of fused-ring (bicyclic) bond motifs is 1. The SMILES string of the molecule is C[C@@H]1CCCC[C@H]1NC(=O)[C@@H]1c2cccn2CC(=O)N1Cc1ccccc1. The van der Waals surface area contributed by atoms with Crippen LogP contribution in [0.2, 0.25) is 0 Å². The van der Waals surface area contributed by atoms with Gasteiger partial charge in [-0.3, -0.25) is 9.59 Å². The van der Waals surface area contributed by atoms with Crippen molar-refractivity contribution in [2.75, 3.05) is 0 Å². The van der Waals surface area contributed by atoms with Gasteiger partial charge in [0.1, 0.15) is 6.54 Å². The lowest BCUT2D eigenvalue weighted by Crippen LogP contribution is -2.51. The number of hydrogen-bond acceptors (Lipinski definition) is 2.